The van der Waals surface area contributed by atoms with Gasteiger partial charge in [-0.3, -0.25) is 9.59 Å². The molecule has 1 heterocycles. The average Bonchev–Trinajstić information content (AvgIpc) is 2.86. The molecule has 8 heteroatoms. The molecule has 1 aromatic rings. The number of carbonyl (C=O) groups is 2. The van der Waals surface area contributed by atoms with Crippen molar-refractivity contribution in [3.63, 3.8) is 0 Å². The summed E-state index contributed by atoms with van der Waals surface area (Å²) in [5.74, 6) is -1.76. The van der Waals surface area contributed by atoms with Crippen molar-refractivity contribution in [3.05, 3.63) is 24.2 Å². The highest BCUT2D eigenvalue weighted by atomic mass is 32.2. The van der Waals surface area contributed by atoms with E-state index >= 15 is 0 Å². The predicted molar refractivity (Wildman–Crippen MR) is 66.0 cm³/mol. The van der Waals surface area contributed by atoms with Gasteiger partial charge in [-0.2, -0.15) is 0 Å². The Labute approximate surface area is 110 Å². The summed E-state index contributed by atoms with van der Waals surface area (Å²) in [7, 11) is -4.07. The average molecular weight is 289 g/mol. The number of hydrogen-bond donors (Lipinski definition) is 2. The molecule has 19 heavy (non-hydrogen) atoms. The van der Waals surface area contributed by atoms with Crippen molar-refractivity contribution in [2.45, 2.75) is 30.9 Å². The van der Waals surface area contributed by atoms with Gasteiger partial charge in [0.2, 0.25) is 5.91 Å². The van der Waals surface area contributed by atoms with Gasteiger partial charge in [0.25, 0.3) is 0 Å². The van der Waals surface area contributed by atoms with Crippen molar-refractivity contribution in [1.82, 2.24) is 5.32 Å². The van der Waals surface area contributed by atoms with Gasteiger partial charge in [0.15, 0.2) is 15.1 Å². The van der Waals surface area contributed by atoms with Crippen LogP contribution in [0.1, 0.15) is 19.6 Å². The topological polar surface area (TPSA) is 114 Å². The fourth-order valence-corrected chi connectivity index (χ4v) is 2.60. The lowest BCUT2D eigenvalue weighted by Crippen LogP contribution is -2.43. The lowest BCUT2D eigenvalue weighted by molar-refractivity contribution is -0.136. The van der Waals surface area contributed by atoms with Crippen LogP contribution in [-0.2, 0) is 26.0 Å². The lowest BCUT2D eigenvalue weighted by atomic mass is 10.4. The zero-order valence-corrected chi connectivity index (χ0v) is 11.3. The van der Waals surface area contributed by atoms with Gasteiger partial charge in [-0.05, 0) is 26.0 Å². The second-order valence-corrected chi connectivity index (χ2v) is 6.60. The van der Waals surface area contributed by atoms with Crippen LogP contribution in [0.3, 0.4) is 0 Å². The molecule has 0 fully saturated rings. The monoisotopic (exact) mass is 289 g/mol. The molecule has 1 rings (SSSR count). The highest BCUT2D eigenvalue weighted by Crippen LogP contribution is 2.10. The van der Waals surface area contributed by atoms with Gasteiger partial charge in [0, 0.05) is 0 Å². The number of rotatable bonds is 6. The number of aliphatic carboxylic acids is 1. The normalized spacial score (nSPS) is 14.6. The molecule has 0 aromatic carbocycles. The molecule has 2 N–H and O–H groups in total. The van der Waals surface area contributed by atoms with Crippen molar-refractivity contribution < 1.29 is 27.5 Å². The number of carbonyl (C=O) groups excluding carboxylic acids is 1. The molecule has 2 atom stereocenters. The first kappa shape index (κ1) is 15.2. The molecule has 106 valence electrons. The molecule has 0 radical (unpaired) electrons. The minimum Gasteiger partial charge on any atom is -0.480 e. The van der Waals surface area contributed by atoms with Crippen LogP contribution >= 0.6 is 0 Å². The first-order valence-corrected chi connectivity index (χ1v) is 7.13. The van der Waals surface area contributed by atoms with Crippen LogP contribution in [0, 0.1) is 0 Å². The maximum atomic E-state index is 11.8. The molecule has 0 spiro atoms. The third-order valence-corrected chi connectivity index (χ3v) is 5.11. The molecule has 7 nitrogen and oxygen atoms in total. The Balaban J connectivity index is 2.68. The molecule has 0 saturated carbocycles. The van der Waals surface area contributed by atoms with Gasteiger partial charge in [-0.25, -0.2) is 8.42 Å². The summed E-state index contributed by atoms with van der Waals surface area (Å²) in [4.78, 5) is 22.4. The summed E-state index contributed by atoms with van der Waals surface area (Å²) < 4.78 is 28.6. The number of nitrogens with one attached hydrogen (secondary N) is 1. The van der Waals surface area contributed by atoms with Crippen LogP contribution in [0.5, 0.6) is 0 Å². The van der Waals surface area contributed by atoms with Gasteiger partial charge in [-0.1, -0.05) is 0 Å². The molecule has 0 aliphatic rings. The molecule has 1 amide bonds. The number of furan rings is 1. The van der Waals surface area contributed by atoms with Crippen molar-refractivity contribution in [3.8, 4) is 0 Å². The largest absolute Gasteiger partial charge is 0.480 e. The molecule has 0 aliphatic heterocycles. The van der Waals surface area contributed by atoms with E-state index in [0.717, 1.165) is 13.8 Å². The third kappa shape index (κ3) is 3.57. The second kappa shape index (κ2) is 5.87. The Hall–Kier alpha value is -1.83. The van der Waals surface area contributed by atoms with E-state index in [1.165, 1.54) is 6.26 Å². The van der Waals surface area contributed by atoms with Crippen LogP contribution in [0.15, 0.2) is 22.8 Å². The Morgan fingerprint density at radius 2 is 2.00 bits per heavy atom. The molecule has 1 aromatic heterocycles. The Morgan fingerprint density at radius 3 is 2.47 bits per heavy atom. The number of amides is 1. The van der Waals surface area contributed by atoms with E-state index in [9.17, 15) is 18.0 Å². The quantitative estimate of drug-likeness (QED) is 0.771. The van der Waals surface area contributed by atoms with E-state index in [1.807, 2.05) is 0 Å². The zero-order chi connectivity index (χ0) is 14.6. The Kier molecular flexibility index (Phi) is 4.71. The van der Waals surface area contributed by atoms with Gasteiger partial charge in [-0.15, -0.1) is 0 Å². The molecule has 2 unspecified atom stereocenters. The van der Waals surface area contributed by atoms with Gasteiger partial charge in [0.1, 0.15) is 11.0 Å². The van der Waals surface area contributed by atoms with Crippen LogP contribution in [0.2, 0.25) is 0 Å². The van der Waals surface area contributed by atoms with E-state index in [2.05, 4.69) is 5.32 Å². The maximum Gasteiger partial charge on any atom is 0.321 e. The van der Waals surface area contributed by atoms with E-state index in [1.54, 1.807) is 12.1 Å². The summed E-state index contributed by atoms with van der Waals surface area (Å²) in [5.41, 5.74) is 0. The van der Waals surface area contributed by atoms with Crippen molar-refractivity contribution >= 4 is 21.7 Å². The molecule has 0 saturated heterocycles. The fourth-order valence-electron chi connectivity index (χ4n) is 1.33. The first-order valence-electron chi connectivity index (χ1n) is 5.52. The standard InChI is InChI=1S/C11H15NO6S/c1-7(19(16,17)8(2)11(14)15)10(13)12-6-9-4-3-5-18-9/h3-5,7-8H,6H2,1-2H3,(H,12,13)(H,14,15). The highest BCUT2D eigenvalue weighted by Gasteiger charge is 2.36. The van der Waals surface area contributed by atoms with Crippen molar-refractivity contribution in [2.75, 3.05) is 0 Å². The maximum absolute atomic E-state index is 11.8. The Bertz CT molecular complexity index is 548. The Morgan fingerprint density at radius 1 is 1.37 bits per heavy atom. The summed E-state index contributed by atoms with van der Waals surface area (Å²) in [5, 5.41) is 8.02. The molecular weight excluding hydrogens is 274 g/mol. The predicted octanol–water partition coefficient (Wildman–Crippen LogP) is 0.172. The number of carboxylic acid groups (broad SMARTS) is 1. The molecular formula is C11H15NO6S. The lowest BCUT2D eigenvalue weighted by Gasteiger charge is -2.15. The molecule has 0 aliphatic carbocycles. The third-order valence-electron chi connectivity index (χ3n) is 2.72. The minimum absolute atomic E-state index is 0.0488. The van der Waals surface area contributed by atoms with Crippen molar-refractivity contribution in [1.29, 1.82) is 0 Å². The van der Waals surface area contributed by atoms with Crippen LogP contribution in [0.4, 0.5) is 0 Å². The number of carboxylic acids is 1. The number of sulfone groups is 1. The second-order valence-electron chi connectivity index (χ2n) is 4.01. The van der Waals surface area contributed by atoms with E-state index in [0.29, 0.717) is 5.76 Å². The molecule has 0 bridgehead atoms. The summed E-state index contributed by atoms with van der Waals surface area (Å²) in [6.45, 7) is 2.24. The van der Waals surface area contributed by atoms with E-state index in [-0.39, 0.29) is 6.54 Å². The first-order chi connectivity index (χ1) is 8.76. The van der Waals surface area contributed by atoms with Gasteiger partial charge >= 0.3 is 5.97 Å². The SMILES string of the molecule is CC(C(=O)O)S(=O)(=O)C(C)C(=O)NCc1ccco1. The summed E-state index contributed by atoms with van der Waals surface area (Å²) in [6.07, 6.45) is 1.42. The van der Waals surface area contributed by atoms with Gasteiger partial charge < -0.3 is 14.8 Å². The van der Waals surface area contributed by atoms with Gasteiger partial charge in [0.05, 0.1) is 12.8 Å². The van der Waals surface area contributed by atoms with Crippen LogP contribution < -0.4 is 5.32 Å². The van der Waals surface area contributed by atoms with E-state index in [4.69, 9.17) is 9.52 Å². The summed E-state index contributed by atoms with van der Waals surface area (Å²) in [6, 6.07) is 3.26. The minimum atomic E-state index is -4.07. The zero-order valence-electron chi connectivity index (χ0n) is 10.5. The van der Waals surface area contributed by atoms with Crippen LogP contribution in [-0.4, -0.2) is 35.9 Å². The van der Waals surface area contributed by atoms with Crippen LogP contribution in [0.25, 0.3) is 0 Å². The van der Waals surface area contributed by atoms with Crippen molar-refractivity contribution in [2.24, 2.45) is 0 Å². The fraction of sp³-hybridized carbons (Fsp3) is 0.455. The smallest absolute Gasteiger partial charge is 0.321 e. The highest BCUT2D eigenvalue weighted by molar-refractivity contribution is 7.94. The summed E-state index contributed by atoms with van der Waals surface area (Å²) >= 11 is 0. The number of hydrogen-bond acceptors (Lipinski definition) is 5. The van der Waals surface area contributed by atoms with E-state index < -0.39 is 32.2 Å².